The number of hydrogen-bond donors (Lipinski definition) is 1. The van der Waals surface area contributed by atoms with Crippen LogP contribution in [0.5, 0.6) is 0 Å². The van der Waals surface area contributed by atoms with Gasteiger partial charge in [0.25, 0.3) is 5.91 Å². The Labute approximate surface area is 153 Å². The molecular formula is C17H23N3O3S2. The molecule has 0 radical (unpaired) electrons. The number of amides is 1. The van der Waals surface area contributed by atoms with E-state index in [2.05, 4.69) is 5.32 Å². The Bertz CT molecular complexity index is 746. The maximum absolute atomic E-state index is 13.2. The first-order valence-electron chi connectivity index (χ1n) is 8.79. The number of carbonyl (C=O) groups excluding carboxylic acids is 1. The van der Waals surface area contributed by atoms with E-state index in [1.165, 1.54) is 0 Å². The maximum atomic E-state index is 13.2. The third kappa shape index (κ3) is 3.20. The summed E-state index contributed by atoms with van der Waals surface area (Å²) < 4.78 is 28.0. The van der Waals surface area contributed by atoms with Crippen LogP contribution in [0.25, 0.3) is 0 Å². The molecule has 4 rings (SSSR count). The number of nitrogens with zero attached hydrogens (tertiary/aromatic N) is 2. The molecule has 3 heterocycles. The van der Waals surface area contributed by atoms with Gasteiger partial charge in [0.1, 0.15) is 0 Å². The number of thioether (sulfide) groups is 1. The van der Waals surface area contributed by atoms with Gasteiger partial charge in [0.15, 0.2) is 0 Å². The van der Waals surface area contributed by atoms with Crippen molar-refractivity contribution in [2.24, 2.45) is 0 Å². The van der Waals surface area contributed by atoms with Crippen molar-refractivity contribution in [3.05, 3.63) is 29.8 Å². The van der Waals surface area contributed by atoms with Crippen LogP contribution in [0.1, 0.15) is 23.2 Å². The third-order valence-corrected chi connectivity index (χ3v) is 8.21. The fraction of sp³-hybridized carbons (Fsp3) is 0.588. The van der Waals surface area contributed by atoms with Crippen LogP contribution in [0.4, 0.5) is 0 Å². The summed E-state index contributed by atoms with van der Waals surface area (Å²) in [6, 6.07) is 6.63. The monoisotopic (exact) mass is 381 g/mol. The van der Waals surface area contributed by atoms with Crippen LogP contribution in [0, 0.1) is 0 Å². The zero-order chi connectivity index (χ0) is 17.4. The highest BCUT2D eigenvalue weighted by Crippen LogP contribution is 2.33. The van der Waals surface area contributed by atoms with Crippen LogP contribution >= 0.6 is 11.8 Å². The van der Waals surface area contributed by atoms with Crippen molar-refractivity contribution in [3.63, 3.8) is 0 Å². The second-order valence-corrected chi connectivity index (χ2v) is 9.88. The zero-order valence-electron chi connectivity index (χ0n) is 14.1. The first kappa shape index (κ1) is 17.3. The predicted molar refractivity (Wildman–Crippen MR) is 98.4 cm³/mol. The van der Waals surface area contributed by atoms with Gasteiger partial charge in [0.2, 0.25) is 10.0 Å². The van der Waals surface area contributed by atoms with E-state index in [1.54, 1.807) is 28.6 Å². The van der Waals surface area contributed by atoms with Crippen molar-refractivity contribution in [2.45, 2.75) is 29.8 Å². The van der Waals surface area contributed by atoms with Gasteiger partial charge in [0, 0.05) is 55.3 Å². The molecule has 0 aromatic heterocycles. The zero-order valence-corrected chi connectivity index (χ0v) is 15.7. The lowest BCUT2D eigenvalue weighted by atomic mass is 10.2. The minimum Gasteiger partial charge on any atom is -0.337 e. The lowest BCUT2D eigenvalue weighted by Gasteiger charge is -2.34. The third-order valence-electron chi connectivity index (χ3n) is 5.27. The lowest BCUT2D eigenvalue weighted by Crippen LogP contribution is -2.53. The highest BCUT2D eigenvalue weighted by atomic mass is 32.2. The Morgan fingerprint density at radius 1 is 1.12 bits per heavy atom. The second-order valence-electron chi connectivity index (χ2n) is 6.81. The van der Waals surface area contributed by atoms with Crippen molar-refractivity contribution in [1.82, 2.24) is 14.5 Å². The van der Waals surface area contributed by atoms with Crippen molar-refractivity contribution in [1.29, 1.82) is 0 Å². The van der Waals surface area contributed by atoms with Gasteiger partial charge in [-0.25, -0.2) is 8.42 Å². The highest BCUT2D eigenvalue weighted by molar-refractivity contribution is 7.99. The molecule has 6 nitrogen and oxygen atoms in total. The molecule has 0 saturated carbocycles. The van der Waals surface area contributed by atoms with E-state index >= 15 is 0 Å². The van der Waals surface area contributed by atoms with Gasteiger partial charge in [-0.3, -0.25) is 4.79 Å². The second kappa shape index (κ2) is 6.90. The van der Waals surface area contributed by atoms with Crippen molar-refractivity contribution < 1.29 is 13.2 Å². The van der Waals surface area contributed by atoms with E-state index < -0.39 is 10.0 Å². The molecule has 136 valence electrons. The molecule has 1 aromatic carbocycles. The first-order valence-corrected chi connectivity index (χ1v) is 11.4. The molecule has 0 unspecified atom stereocenters. The number of piperazine rings is 1. The van der Waals surface area contributed by atoms with Crippen LogP contribution in [-0.2, 0) is 10.0 Å². The molecule has 3 aliphatic heterocycles. The summed E-state index contributed by atoms with van der Waals surface area (Å²) in [5.41, 5.74) is 0.468. The summed E-state index contributed by atoms with van der Waals surface area (Å²) >= 11 is 1.84. The van der Waals surface area contributed by atoms with Crippen molar-refractivity contribution in [2.75, 3.05) is 37.7 Å². The molecule has 8 heteroatoms. The molecule has 25 heavy (non-hydrogen) atoms. The molecule has 1 N–H and O–H groups in total. The molecule has 0 spiro atoms. The number of hydrogen-bond acceptors (Lipinski definition) is 5. The number of carbonyl (C=O) groups is 1. The van der Waals surface area contributed by atoms with E-state index in [1.807, 2.05) is 16.7 Å². The van der Waals surface area contributed by atoms with E-state index in [-0.39, 0.29) is 22.9 Å². The van der Waals surface area contributed by atoms with Crippen LogP contribution in [0.15, 0.2) is 29.2 Å². The molecule has 2 atom stereocenters. The predicted octanol–water partition coefficient (Wildman–Crippen LogP) is 1.00. The van der Waals surface area contributed by atoms with Gasteiger partial charge in [-0.05, 0) is 31.0 Å². The SMILES string of the molecule is O=C(c1cccc(S(=O)(=O)N2[C@@H]3CC[C@H]2CNC3)c1)N1CCSCC1. The number of nitrogens with one attached hydrogen (secondary N) is 1. The fourth-order valence-electron chi connectivity index (χ4n) is 3.99. The van der Waals surface area contributed by atoms with E-state index in [0.717, 1.165) is 37.4 Å². The summed E-state index contributed by atoms with van der Waals surface area (Å²) in [7, 11) is -3.57. The molecule has 2 bridgehead atoms. The Kier molecular flexibility index (Phi) is 4.79. The number of benzene rings is 1. The lowest BCUT2D eigenvalue weighted by molar-refractivity contribution is 0.0772. The van der Waals surface area contributed by atoms with Crippen LogP contribution in [0.2, 0.25) is 0 Å². The molecule has 1 amide bonds. The molecular weight excluding hydrogens is 358 g/mol. The molecule has 0 aliphatic carbocycles. The molecule has 3 fully saturated rings. The summed E-state index contributed by atoms with van der Waals surface area (Å²) in [5, 5.41) is 3.30. The van der Waals surface area contributed by atoms with Gasteiger partial charge in [-0.15, -0.1) is 0 Å². The number of fused-ring (bicyclic) bond motifs is 2. The van der Waals surface area contributed by atoms with E-state index in [4.69, 9.17) is 0 Å². The van der Waals surface area contributed by atoms with E-state index in [0.29, 0.717) is 18.7 Å². The van der Waals surface area contributed by atoms with Gasteiger partial charge in [-0.2, -0.15) is 16.1 Å². The highest BCUT2D eigenvalue weighted by Gasteiger charge is 2.44. The average Bonchev–Trinajstić information content (AvgIpc) is 2.92. The van der Waals surface area contributed by atoms with Gasteiger partial charge in [0.05, 0.1) is 4.90 Å². The molecule has 1 aromatic rings. The van der Waals surface area contributed by atoms with Crippen LogP contribution in [-0.4, -0.2) is 73.3 Å². The summed E-state index contributed by atoms with van der Waals surface area (Å²) in [6.07, 6.45) is 1.81. The maximum Gasteiger partial charge on any atom is 0.253 e. The topological polar surface area (TPSA) is 69.7 Å². The van der Waals surface area contributed by atoms with Gasteiger partial charge in [-0.1, -0.05) is 6.07 Å². The fourth-order valence-corrected chi connectivity index (χ4v) is 6.81. The van der Waals surface area contributed by atoms with Crippen LogP contribution in [0.3, 0.4) is 0 Å². The minimum atomic E-state index is -3.57. The first-order chi connectivity index (χ1) is 12.1. The largest absolute Gasteiger partial charge is 0.337 e. The van der Waals surface area contributed by atoms with Gasteiger partial charge >= 0.3 is 0 Å². The Morgan fingerprint density at radius 3 is 2.48 bits per heavy atom. The Balaban J connectivity index is 1.61. The summed E-state index contributed by atoms with van der Waals surface area (Å²) in [6.45, 7) is 2.87. The average molecular weight is 382 g/mol. The Hall–Kier alpha value is -1.09. The van der Waals surface area contributed by atoms with Gasteiger partial charge < -0.3 is 10.2 Å². The van der Waals surface area contributed by atoms with Crippen molar-refractivity contribution >= 4 is 27.7 Å². The quantitative estimate of drug-likeness (QED) is 0.846. The standard InChI is InChI=1S/C17H23N3O3S2/c21-17(19-6-8-24-9-7-19)13-2-1-3-16(10-13)25(22,23)20-14-4-5-15(20)12-18-11-14/h1-3,10,14-15,18H,4-9,11-12H2/t14-,15+. The number of rotatable bonds is 3. The van der Waals surface area contributed by atoms with Crippen LogP contribution < -0.4 is 5.32 Å². The smallest absolute Gasteiger partial charge is 0.253 e. The summed E-state index contributed by atoms with van der Waals surface area (Å²) in [5.74, 6) is 1.81. The summed E-state index contributed by atoms with van der Waals surface area (Å²) in [4.78, 5) is 14.8. The van der Waals surface area contributed by atoms with E-state index in [9.17, 15) is 13.2 Å². The van der Waals surface area contributed by atoms with Crippen molar-refractivity contribution in [3.8, 4) is 0 Å². The number of sulfonamides is 1. The minimum absolute atomic E-state index is 0.0298. The molecule has 3 saturated heterocycles. The normalized spacial score (nSPS) is 27.4. The molecule has 3 aliphatic rings. The Morgan fingerprint density at radius 2 is 1.80 bits per heavy atom.